The molecule has 1 heterocycles. The molecular formula is C25H23ClF3N7O4. The average molecular weight is 578 g/mol. The van der Waals surface area contributed by atoms with E-state index in [1.54, 1.807) is 24.3 Å². The van der Waals surface area contributed by atoms with Gasteiger partial charge in [-0.1, -0.05) is 30.3 Å². The molecule has 2 aromatic carbocycles. The molecule has 11 nitrogen and oxygen atoms in total. The lowest BCUT2D eigenvalue weighted by Gasteiger charge is -2.23. The summed E-state index contributed by atoms with van der Waals surface area (Å²) in [6.45, 7) is 4.17. The van der Waals surface area contributed by atoms with Crippen LogP contribution in [0, 0.1) is 0 Å². The van der Waals surface area contributed by atoms with Gasteiger partial charge in [0.1, 0.15) is 5.02 Å². The first kappa shape index (κ1) is 29.7. The summed E-state index contributed by atoms with van der Waals surface area (Å²) in [4.78, 5) is 43.6. The molecule has 0 radical (unpaired) electrons. The minimum absolute atomic E-state index is 0.0401. The molecular weight excluding hydrogens is 555 g/mol. The molecule has 0 atom stereocenters. The normalized spacial score (nSPS) is 10.8. The van der Waals surface area contributed by atoms with Gasteiger partial charge in [0.2, 0.25) is 17.8 Å². The van der Waals surface area contributed by atoms with Gasteiger partial charge in [-0.15, -0.1) is 0 Å². The van der Waals surface area contributed by atoms with E-state index in [0.29, 0.717) is 11.4 Å². The van der Waals surface area contributed by atoms with Crippen LogP contribution >= 0.6 is 11.6 Å². The van der Waals surface area contributed by atoms with E-state index in [1.165, 1.54) is 12.3 Å². The van der Waals surface area contributed by atoms with Crippen LogP contribution in [-0.4, -0.2) is 46.1 Å². The SMILES string of the molecule is C=CC(=O)Nc1ccccc1Nc1nc(Nc2ccc(N(CCNC(=O)O)C(C)=O)cc2C(F)(F)F)ncc1Cl. The lowest BCUT2D eigenvalue weighted by atomic mass is 10.1. The van der Waals surface area contributed by atoms with Crippen molar-refractivity contribution in [2.75, 3.05) is 33.9 Å². The number of alkyl halides is 3. The number of carbonyl (C=O) groups excluding carboxylic acids is 2. The van der Waals surface area contributed by atoms with Gasteiger partial charge in [0.25, 0.3) is 0 Å². The molecule has 0 saturated heterocycles. The van der Waals surface area contributed by atoms with E-state index >= 15 is 0 Å². The highest BCUT2D eigenvalue weighted by Crippen LogP contribution is 2.38. The van der Waals surface area contributed by atoms with E-state index in [4.69, 9.17) is 16.7 Å². The maximum Gasteiger partial charge on any atom is 0.418 e. The monoisotopic (exact) mass is 577 g/mol. The van der Waals surface area contributed by atoms with Crippen molar-refractivity contribution < 1.29 is 32.7 Å². The Labute approximate surface area is 231 Å². The second-order valence-corrected chi connectivity index (χ2v) is 8.42. The van der Waals surface area contributed by atoms with Crippen LogP contribution in [0.5, 0.6) is 0 Å². The zero-order chi connectivity index (χ0) is 29.4. The Morgan fingerprint density at radius 2 is 1.80 bits per heavy atom. The molecule has 0 bridgehead atoms. The maximum absolute atomic E-state index is 14.0. The molecule has 0 spiro atoms. The summed E-state index contributed by atoms with van der Waals surface area (Å²) >= 11 is 6.21. The van der Waals surface area contributed by atoms with Crippen LogP contribution in [0.3, 0.4) is 0 Å². The third kappa shape index (κ3) is 7.83. The summed E-state index contributed by atoms with van der Waals surface area (Å²) in [5.41, 5.74) is -0.843. The fourth-order valence-corrected chi connectivity index (χ4v) is 3.57. The summed E-state index contributed by atoms with van der Waals surface area (Å²) in [6.07, 6.45) is -3.90. The van der Waals surface area contributed by atoms with Gasteiger partial charge in [-0.2, -0.15) is 18.2 Å². The minimum Gasteiger partial charge on any atom is -0.465 e. The summed E-state index contributed by atoms with van der Waals surface area (Å²) in [5, 5.41) is 18.9. The topological polar surface area (TPSA) is 149 Å². The third-order valence-corrected chi connectivity index (χ3v) is 5.50. The standard InChI is InChI=1S/C25H23ClF3N7O4/c1-3-21(38)32-19-6-4-5-7-20(19)33-22-17(26)13-31-23(35-22)34-18-9-8-15(12-16(18)25(27,28)29)36(14(2)37)11-10-30-24(39)40/h3-9,12-13,30H,1,10-11H2,2H3,(H,32,38)(H,39,40)(H2,31,33,34,35). The number of amides is 3. The summed E-state index contributed by atoms with van der Waals surface area (Å²) < 4.78 is 42.0. The van der Waals surface area contributed by atoms with Gasteiger partial charge in [0.05, 0.1) is 28.8 Å². The molecule has 5 N–H and O–H groups in total. The van der Waals surface area contributed by atoms with E-state index in [2.05, 4.69) is 37.8 Å². The van der Waals surface area contributed by atoms with Gasteiger partial charge >= 0.3 is 12.3 Å². The molecule has 0 aliphatic heterocycles. The van der Waals surface area contributed by atoms with Crippen LogP contribution in [0.4, 0.5) is 52.5 Å². The molecule has 1 aromatic heterocycles. The van der Waals surface area contributed by atoms with Gasteiger partial charge in [0.15, 0.2) is 5.82 Å². The highest BCUT2D eigenvalue weighted by molar-refractivity contribution is 6.33. The zero-order valence-electron chi connectivity index (χ0n) is 20.8. The van der Waals surface area contributed by atoms with Crippen molar-refractivity contribution in [1.29, 1.82) is 0 Å². The first-order chi connectivity index (χ1) is 18.9. The van der Waals surface area contributed by atoms with E-state index in [0.717, 1.165) is 30.0 Å². The fraction of sp³-hybridized carbons (Fsp3) is 0.160. The van der Waals surface area contributed by atoms with E-state index in [9.17, 15) is 27.6 Å². The number of carboxylic acid groups (broad SMARTS) is 1. The Hall–Kier alpha value is -4.85. The van der Waals surface area contributed by atoms with E-state index < -0.39 is 35.3 Å². The minimum atomic E-state index is -4.84. The molecule has 3 aromatic rings. The van der Waals surface area contributed by atoms with Crippen LogP contribution in [0.1, 0.15) is 12.5 Å². The summed E-state index contributed by atoms with van der Waals surface area (Å²) in [5.74, 6) is -1.23. The van der Waals surface area contributed by atoms with Gasteiger partial charge in [-0.3, -0.25) is 9.59 Å². The lowest BCUT2D eigenvalue weighted by Crippen LogP contribution is -2.37. The van der Waals surface area contributed by atoms with Crippen molar-refractivity contribution in [2.24, 2.45) is 0 Å². The number of aromatic nitrogens is 2. The van der Waals surface area contributed by atoms with Crippen LogP contribution in [0.2, 0.25) is 5.02 Å². The van der Waals surface area contributed by atoms with Crippen molar-refractivity contribution in [3.05, 3.63) is 71.9 Å². The quantitative estimate of drug-likeness (QED) is 0.202. The van der Waals surface area contributed by atoms with Crippen LogP contribution < -0.4 is 26.2 Å². The van der Waals surface area contributed by atoms with Crippen molar-refractivity contribution in [3.63, 3.8) is 0 Å². The average Bonchev–Trinajstić information content (AvgIpc) is 2.89. The van der Waals surface area contributed by atoms with Crippen molar-refractivity contribution in [2.45, 2.75) is 13.1 Å². The number of nitrogens with zero attached hydrogens (tertiary/aromatic N) is 3. The second-order valence-electron chi connectivity index (χ2n) is 8.01. The number of hydrogen-bond acceptors (Lipinski definition) is 7. The molecule has 210 valence electrons. The predicted octanol–water partition coefficient (Wildman–Crippen LogP) is 5.38. The number of anilines is 6. The van der Waals surface area contributed by atoms with E-state index in [1.807, 2.05) is 0 Å². The van der Waals surface area contributed by atoms with Gasteiger partial charge in [-0.05, 0) is 36.4 Å². The highest BCUT2D eigenvalue weighted by atomic mass is 35.5. The number of para-hydroxylation sites is 2. The molecule has 0 unspecified atom stereocenters. The summed E-state index contributed by atoms with van der Waals surface area (Å²) in [7, 11) is 0. The van der Waals surface area contributed by atoms with Gasteiger partial charge < -0.3 is 31.3 Å². The second kappa shape index (κ2) is 12.8. The number of rotatable bonds is 10. The fourth-order valence-electron chi connectivity index (χ4n) is 3.43. The Bertz CT molecular complexity index is 1440. The van der Waals surface area contributed by atoms with Gasteiger partial charge in [0, 0.05) is 25.7 Å². The largest absolute Gasteiger partial charge is 0.465 e. The Balaban J connectivity index is 1.92. The first-order valence-electron chi connectivity index (χ1n) is 11.4. The van der Waals surface area contributed by atoms with Gasteiger partial charge in [-0.25, -0.2) is 9.78 Å². The third-order valence-electron chi connectivity index (χ3n) is 5.23. The van der Waals surface area contributed by atoms with E-state index in [-0.39, 0.29) is 35.6 Å². The van der Waals surface area contributed by atoms with Crippen molar-refractivity contribution >= 4 is 64.0 Å². The van der Waals surface area contributed by atoms with Crippen LogP contribution in [0.15, 0.2) is 61.3 Å². The summed E-state index contributed by atoms with van der Waals surface area (Å²) in [6, 6.07) is 9.72. The maximum atomic E-state index is 14.0. The molecule has 0 saturated carbocycles. The predicted molar refractivity (Wildman–Crippen MR) is 144 cm³/mol. The van der Waals surface area contributed by atoms with Crippen LogP contribution in [0.25, 0.3) is 0 Å². The number of halogens is 4. The van der Waals surface area contributed by atoms with Crippen molar-refractivity contribution in [3.8, 4) is 0 Å². The molecule has 0 fully saturated rings. The number of benzene rings is 2. The molecule has 0 aliphatic rings. The number of carbonyl (C=O) groups is 3. The first-order valence-corrected chi connectivity index (χ1v) is 11.8. The highest BCUT2D eigenvalue weighted by Gasteiger charge is 2.35. The molecule has 3 rings (SSSR count). The lowest BCUT2D eigenvalue weighted by molar-refractivity contribution is -0.137. The number of hydrogen-bond donors (Lipinski definition) is 5. The Kier molecular flexibility index (Phi) is 9.50. The molecule has 0 aliphatic carbocycles. The smallest absolute Gasteiger partial charge is 0.418 e. The number of nitrogens with one attached hydrogen (secondary N) is 4. The zero-order valence-corrected chi connectivity index (χ0v) is 21.6. The molecule has 15 heteroatoms. The molecule has 3 amide bonds. The molecule has 40 heavy (non-hydrogen) atoms. The van der Waals surface area contributed by atoms with Crippen molar-refractivity contribution in [1.82, 2.24) is 15.3 Å². The Morgan fingerprint density at radius 3 is 2.42 bits per heavy atom. The Morgan fingerprint density at radius 1 is 1.10 bits per heavy atom. The van der Waals surface area contributed by atoms with Crippen LogP contribution in [-0.2, 0) is 15.8 Å².